The molecule has 0 unspecified atom stereocenters. The predicted molar refractivity (Wildman–Crippen MR) is 64.2 cm³/mol. The molecule has 0 aromatic heterocycles. The molecule has 0 amide bonds. The van der Waals surface area contributed by atoms with E-state index in [4.69, 9.17) is 0 Å². The molecular formula is C12H17P. The lowest BCUT2D eigenvalue weighted by Gasteiger charge is -2.13. The average Bonchev–Trinajstić information content (AvgIpc) is 2.21. The third-order valence-corrected chi connectivity index (χ3v) is 4.81. The summed E-state index contributed by atoms with van der Waals surface area (Å²) in [5.74, 6) is 0. The van der Waals surface area contributed by atoms with Crippen LogP contribution < -0.4 is 5.30 Å². The summed E-state index contributed by atoms with van der Waals surface area (Å²) >= 11 is 0. The average molecular weight is 192 g/mol. The van der Waals surface area contributed by atoms with E-state index in [1.54, 1.807) is 0 Å². The zero-order valence-corrected chi connectivity index (χ0v) is 9.35. The molecule has 1 aromatic carbocycles. The first kappa shape index (κ1) is 10.5. The molecule has 70 valence electrons. The molecule has 1 rings (SSSR count). The molecule has 0 aliphatic rings. The third-order valence-electron chi connectivity index (χ3n) is 2.26. The SMILES string of the molecule is C=Cc1ccc(P(CC)CC)cc1. The molecule has 0 saturated carbocycles. The fourth-order valence-corrected chi connectivity index (χ4v) is 3.16. The van der Waals surface area contributed by atoms with E-state index in [1.807, 2.05) is 6.08 Å². The fourth-order valence-electron chi connectivity index (χ4n) is 1.41. The van der Waals surface area contributed by atoms with Crippen LogP contribution in [-0.4, -0.2) is 12.3 Å². The van der Waals surface area contributed by atoms with Crippen molar-refractivity contribution in [2.75, 3.05) is 12.3 Å². The minimum absolute atomic E-state index is 0.0970. The van der Waals surface area contributed by atoms with Gasteiger partial charge in [0.1, 0.15) is 0 Å². The highest BCUT2D eigenvalue weighted by Gasteiger charge is 2.04. The van der Waals surface area contributed by atoms with Gasteiger partial charge in [-0.3, -0.25) is 0 Å². The second-order valence-electron chi connectivity index (χ2n) is 2.97. The first-order chi connectivity index (χ1) is 6.31. The molecule has 0 atom stereocenters. The van der Waals surface area contributed by atoms with Gasteiger partial charge in [0.05, 0.1) is 0 Å². The number of benzene rings is 1. The summed E-state index contributed by atoms with van der Waals surface area (Å²) in [5, 5.41) is 1.52. The molecule has 0 fully saturated rings. The summed E-state index contributed by atoms with van der Waals surface area (Å²) in [5.41, 5.74) is 1.21. The van der Waals surface area contributed by atoms with Gasteiger partial charge in [-0.25, -0.2) is 0 Å². The van der Waals surface area contributed by atoms with Gasteiger partial charge in [0.2, 0.25) is 0 Å². The lowest BCUT2D eigenvalue weighted by Crippen LogP contribution is -2.03. The topological polar surface area (TPSA) is 0 Å². The van der Waals surface area contributed by atoms with Gasteiger partial charge in [-0.1, -0.05) is 58.7 Å². The van der Waals surface area contributed by atoms with Gasteiger partial charge in [-0.2, -0.15) is 0 Å². The quantitative estimate of drug-likeness (QED) is 0.641. The van der Waals surface area contributed by atoms with Crippen molar-refractivity contribution in [3.05, 3.63) is 36.4 Å². The molecule has 0 spiro atoms. The number of rotatable bonds is 4. The van der Waals surface area contributed by atoms with Crippen molar-refractivity contribution in [3.8, 4) is 0 Å². The lowest BCUT2D eigenvalue weighted by atomic mass is 10.2. The molecule has 0 nitrogen and oxygen atoms in total. The van der Waals surface area contributed by atoms with Crippen molar-refractivity contribution in [2.24, 2.45) is 0 Å². The zero-order chi connectivity index (χ0) is 9.68. The van der Waals surface area contributed by atoms with Crippen LogP contribution in [0.5, 0.6) is 0 Å². The monoisotopic (exact) mass is 192 g/mol. The standard InChI is InChI=1S/C12H17P/c1-4-11-7-9-12(10-8-11)13(5-2)6-3/h4,7-10H,1,5-6H2,2-3H3. The van der Waals surface area contributed by atoms with Crippen molar-refractivity contribution in [1.29, 1.82) is 0 Å². The summed E-state index contributed by atoms with van der Waals surface area (Å²) in [7, 11) is 0.0970. The molecule has 0 aliphatic heterocycles. The summed E-state index contributed by atoms with van der Waals surface area (Å²) in [4.78, 5) is 0. The van der Waals surface area contributed by atoms with Gasteiger partial charge in [0, 0.05) is 0 Å². The lowest BCUT2D eigenvalue weighted by molar-refractivity contribution is 1.42. The Labute approximate surface area is 82.4 Å². The Kier molecular flexibility index (Phi) is 4.18. The minimum atomic E-state index is 0.0970. The van der Waals surface area contributed by atoms with E-state index >= 15 is 0 Å². The van der Waals surface area contributed by atoms with Crippen LogP contribution in [0.15, 0.2) is 30.8 Å². The fraction of sp³-hybridized carbons (Fsp3) is 0.333. The van der Waals surface area contributed by atoms with Crippen LogP contribution >= 0.6 is 7.92 Å². The normalized spacial score (nSPS) is 10.4. The van der Waals surface area contributed by atoms with Crippen molar-refractivity contribution in [2.45, 2.75) is 13.8 Å². The van der Waals surface area contributed by atoms with Gasteiger partial charge < -0.3 is 0 Å². The Bertz CT molecular complexity index is 257. The predicted octanol–water partition coefficient (Wildman–Crippen LogP) is 3.48. The maximum Gasteiger partial charge on any atom is -0.0240 e. The van der Waals surface area contributed by atoms with Crippen molar-refractivity contribution in [3.63, 3.8) is 0 Å². The van der Waals surface area contributed by atoms with E-state index in [-0.39, 0.29) is 7.92 Å². The molecule has 0 N–H and O–H groups in total. The highest BCUT2D eigenvalue weighted by atomic mass is 31.1. The van der Waals surface area contributed by atoms with Gasteiger partial charge in [0.25, 0.3) is 0 Å². The Morgan fingerprint density at radius 1 is 1.15 bits per heavy atom. The Morgan fingerprint density at radius 3 is 2.08 bits per heavy atom. The second-order valence-corrected chi connectivity index (χ2v) is 5.83. The summed E-state index contributed by atoms with van der Waals surface area (Å²) in [6, 6.07) is 8.80. The van der Waals surface area contributed by atoms with Crippen LogP contribution in [0.1, 0.15) is 19.4 Å². The van der Waals surface area contributed by atoms with Gasteiger partial charge in [-0.15, -0.1) is 0 Å². The number of hydrogen-bond acceptors (Lipinski definition) is 0. The second kappa shape index (κ2) is 5.19. The number of hydrogen-bond donors (Lipinski definition) is 0. The van der Waals surface area contributed by atoms with Crippen LogP contribution in [0.25, 0.3) is 6.08 Å². The van der Waals surface area contributed by atoms with Gasteiger partial charge in [-0.05, 0) is 23.2 Å². The third kappa shape index (κ3) is 2.67. The molecule has 1 heteroatoms. The van der Waals surface area contributed by atoms with Crippen LogP contribution in [0.4, 0.5) is 0 Å². The van der Waals surface area contributed by atoms with E-state index in [9.17, 15) is 0 Å². The molecule has 0 bridgehead atoms. The zero-order valence-electron chi connectivity index (χ0n) is 8.46. The van der Waals surface area contributed by atoms with Crippen molar-refractivity contribution >= 4 is 19.3 Å². The smallest absolute Gasteiger partial charge is 0.0240 e. The molecule has 1 aromatic rings. The van der Waals surface area contributed by atoms with E-state index < -0.39 is 0 Å². The summed E-state index contributed by atoms with van der Waals surface area (Å²) in [6.45, 7) is 8.30. The molecule has 13 heavy (non-hydrogen) atoms. The van der Waals surface area contributed by atoms with Crippen LogP contribution in [0, 0.1) is 0 Å². The van der Waals surface area contributed by atoms with Crippen molar-refractivity contribution in [1.82, 2.24) is 0 Å². The highest BCUT2D eigenvalue weighted by Crippen LogP contribution is 2.32. The maximum absolute atomic E-state index is 3.75. The summed E-state index contributed by atoms with van der Waals surface area (Å²) in [6.07, 6.45) is 4.47. The van der Waals surface area contributed by atoms with E-state index in [1.165, 1.54) is 23.2 Å². The van der Waals surface area contributed by atoms with Crippen LogP contribution in [-0.2, 0) is 0 Å². The molecule has 0 aliphatic carbocycles. The Hall–Kier alpha value is -0.610. The molecule has 0 saturated heterocycles. The Morgan fingerprint density at radius 2 is 1.69 bits per heavy atom. The van der Waals surface area contributed by atoms with E-state index in [0.29, 0.717) is 0 Å². The summed E-state index contributed by atoms with van der Waals surface area (Å²) < 4.78 is 0. The van der Waals surface area contributed by atoms with E-state index in [2.05, 4.69) is 44.7 Å². The minimum Gasteiger partial charge on any atom is -0.0985 e. The first-order valence-corrected chi connectivity index (χ1v) is 6.50. The maximum atomic E-state index is 3.75. The first-order valence-electron chi connectivity index (χ1n) is 4.79. The molecular weight excluding hydrogens is 175 g/mol. The van der Waals surface area contributed by atoms with Crippen LogP contribution in [0.2, 0.25) is 0 Å². The van der Waals surface area contributed by atoms with E-state index in [0.717, 1.165) is 0 Å². The Balaban J connectivity index is 2.83. The largest absolute Gasteiger partial charge is 0.0985 e. The highest BCUT2D eigenvalue weighted by molar-refractivity contribution is 7.65. The van der Waals surface area contributed by atoms with Crippen LogP contribution in [0.3, 0.4) is 0 Å². The van der Waals surface area contributed by atoms with Gasteiger partial charge >= 0.3 is 0 Å². The molecule has 0 radical (unpaired) electrons. The van der Waals surface area contributed by atoms with Gasteiger partial charge in [0.15, 0.2) is 0 Å². The van der Waals surface area contributed by atoms with Crippen molar-refractivity contribution < 1.29 is 0 Å². The molecule has 0 heterocycles.